The van der Waals surface area contributed by atoms with E-state index in [2.05, 4.69) is 17.0 Å². The van der Waals surface area contributed by atoms with Crippen LogP contribution in [0.5, 0.6) is 0 Å². The molecular formula is C20H26F3N5O. The van der Waals surface area contributed by atoms with Gasteiger partial charge in [0, 0.05) is 50.0 Å². The molecule has 3 aliphatic heterocycles. The van der Waals surface area contributed by atoms with Gasteiger partial charge in [-0.2, -0.15) is 18.3 Å². The van der Waals surface area contributed by atoms with Crippen LogP contribution in [0.1, 0.15) is 37.1 Å². The third-order valence-electron chi connectivity index (χ3n) is 7.14. The molecule has 1 aliphatic carbocycles. The minimum absolute atomic E-state index is 0.0508. The van der Waals surface area contributed by atoms with Crippen LogP contribution in [0.3, 0.4) is 0 Å². The first-order chi connectivity index (χ1) is 13.6. The third kappa shape index (κ3) is 3.09. The van der Waals surface area contributed by atoms with Gasteiger partial charge in [0.1, 0.15) is 0 Å². The zero-order valence-corrected chi connectivity index (χ0v) is 16.6. The lowest BCUT2D eigenvalue weighted by atomic mass is 9.57. The van der Waals surface area contributed by atoms with Gasteiger partial charge in [-0.3, -0.25) is 4.68 Å². The first-order valence-corrected chi connectivity index (χ1v) is 10.2. The minimum Gasteiger partial charge on any atom is -0.380 e. The number of urea groups is 1. The molecule has 1 aromatic rings. The van der Waals surface area contributed by atoms with E-state index in [1.807, 2.05) is 9.80 Å². The topological polar surface area (TPSA) is 53.4 Å². The molecule has 6 nitrogen and oxygen atoms in total. The minimum atomic E-state index is -4.40. The average Bonchev–Trinajstić information content (AvgIpc) is 3.09. The van der Waals surface area contributed by atoms with Crippen LogP contribution >= 0.6 is 0 Å². The molecule has 4 aliphatic rings. The van der Waals surface area contributed by atoms with E-state index in [9.17, 15) is 18.0 Å². The van der Waals surface area contributed by atoms with Gasteiger partial charge in [0.15, 0.2) is 5.69 Å². The summed E-state index contributed by atoms with van der Waals surface area (Å²) < 4.78 is 39.8. The molecular weight excluding hydrogens is 383 g/mol. The van der Waals surface area contributed by atoms with E-state index in [1.165, 1.54) is 4.68 Å². The van der Waals surface area contributed by atoms with Crippen molar-refractivity contribution in [2.24, 2.45) is 18.4 Å². The third-order valence-corrected chi connectivity index (χ3v) is 7.14. The van der Waals surface area contributed by atoms with Crippen LogP contribution < -0.4 is 5.32 Å². The Morgan fingerprint density at radius 1 is 1.28 bits per heavy atom. The molecule has 3 saturated heterocycles. The predicted molar refractivity (Wildman–Crippen MR) is 99.9 cm³/mol. The average molecular weight is 409 g/mol. The monoisotopic (exact) mass is 409 g/mol. The number of carbonyl (C=O) groups excluding carboxylic acids is 1. The molecule has 2 amide bonds. The molecule has 0 unspecified atom stereocenters. The second-order valence-electron chi connectivity index (χ2n) is 9.62. The molecule has 0 bridgehead atoms. The molecule has 2 spiro atoms. The fourth-order valence-corrected chi connectivity index (χ4v) is 5.74. The van der Waals surface area contributed by atoms with Crippen molar-refractivity contribution in [3.05, 3.63) is 29.7 Å². The molecule has 1 N–H and O–H groups in total. The molecule has 5 rings (SSSR count). The summed E-state index contributed by atoms with van der Waals surface area (Å²) in [6, 6.07) is 1.28. The van der Waals surface area contributed by atoms with Crippen LogP contribution in [0.2, 0.25) is 0 Å². The zero-order chi connectivity index (χ0) is 20.6. The van der Waals surface area contributed by atoms with E-state index in [0.717, 1.165) is 63.6 Å². The highest BCUT2D eigenvalue weighted by atomic mass is 19.4. The first-order valence-electron chi connectivity index (χ1n) is 10.2. The van der Waals surface area contributed by atoms with Gasteiger partial charge >= 0.3 is 12.2 Å². The largest absolute Gasteiger partial charge is 0.435 e. The normalized spacial score (nSPS) is 25.0. The Balaban J connectivity index is 1.09. The molecule has 4 fully saturated rings. The second-order valence-corrected chi connectivity index (χ2v) is 9.62. The highest BCUT2D eigenvalue weighted by Gasteiger charge is 2.56. The standard InChI is InChI=1S/C20H26F3N5O/c1-13-3-4-19(24-13)11-28(12-19)17(29)27-9-18(10-27)7-14(8-18)5-15-6-16(20(21,22)23)25-26(15)2/h6,14,24H,1,3-5,7-12H2,2H3. The van der Waals surface area contributed by atoms with E-state index in [-0.39, 0.29) is 17.0 Å². The van der Waals surface area contributed by atoms with Crippen molar-refractivity contribution in [1.29, 1.82) is 0 Å². The summed E-state index contributed by atoms with van der Waals surface area (Å²) in [5.74, 6) is 0.365. The number of carbonyl (C=O) groups is 1. The smallest absolute Gasteiger partial charge is 0.380 e. The molecule has 4 heterocycles. The Kier molecular flexibility index (Phi) is 3.84. The Labute approximate surface area is 167 Å². The maximum absolute atomic E-state index is 12.8. The van der Waals surface area contributed by atoms with Gasteiger partial charge in [-0.15, -0.1) is 0 Å². The summed E-state index contributed by atoms with van der Waals surface area (Å²) in [7, 11) is 1.57. The Bertz CT molecular complexity index is 856. The number of nitrogens with zero attached hydrogens (tertiary/aromatic N) is 4. The molecule has 29 heavy (non-hydrogen) atoms. The van der Waals surface area contributed by atoms with Crippen LogP contribution in [0.15, 0.2) is 18.3 Å². The summed E-state index contributed by atoms with van der Waals surface area (Å²) in [5.41, 5.74) is 1.10. The summed E-state index contributed by atoms with van der Waals surface area (Å²) in [4.78, 5) is 16.5. The lowest BCUT2D eigenvalue weighted by Gasteiger charge is -2.61. The fraction of sp³-hybridized carbons (Fsp3) is 0.700. The number of hydrogen-bond acceptors (Lipinski definition) is 3. The number of alkyl halides is 3. The number of rotatable bonds is 2. The highest BCUT2D eigenvalue weighted by Crippen LogP contribution is 2.53. The molecule has 9 heteroatoms. The Hall–Kier alpha value is -2.19. The number of likely N-dealkylation sites (tertiary alicyclic amines) is 2. The Morgan fingerprint density at radius 3 is 2.48 bits per heavy atom. The second kappa shape index (κ2) is 5.92. The Morgan fingerprint density at radius 2 is 1.93 bits per heavy atom. The number of aromatic nitrogens is 2. The van der Waals surface area contributed by atoms with Gasteiger partial charge in [0.05, 0.1) is 5.54 Å². The molecule has 0 aromatic carbocycles. The van der Waals surface area contributed by atoms with Crippen molar-refractivity contribution in [3.63, 3.8) is 0 Å². The zero-order valence-electron chi connectivity index (χ0n) is 16.6. The molecule has 158 valence electrons. The fourth-order valence-electron chi connectivity index (χ4n) is 5.74. The lowest BCUT2D eigenvalue weighted by molar-refractivity contribution is -0.141. The van der Waals surface area contributed by atoms with Gasteiger partial charge < -0.3 is 15.1 Å². The quantitative estimate of drug-likeness (QED) is 0.817. The number of nitrogens with one attached hydrogen (secondary N) is 1. The van der Waals surface area contributed by atoms with E-state index in [4.69, 9.17) is 0 Å². The molecule has 0 atom stereocenters. The number of amides is 2. The van der Waals surface area contributed by atoms with Crippen molar-refractivity contribution >= 4 is 6.03 Å². The molecule has 1 saturated carbocycles. The summed E-state index contributed by atoms with van der Waals surface area (Å²) >= 11 is 0. The van der Waals surface area contributed by atoms with E-state index in [1.54, 1.807) is 7.05 Å². The van der Waals surface area contributed by atoms with Gasteiger partial charge in [-0.1, -0.05) is 6.58 Å². The van der Waals surface area contributed by atoms with Crippen LogP contribution in [0.25, 0.3) is 0 Å². The van der Waals surface area contributed by atoms with E-state index < -0.39 is 11.9 Å². The summed E-state index contributed by atoms with van der Waals surface area (Å²) in [5, 5.41) is 7.02. The van der Waals surface area contributed by atoms with Crippen molar-refractivity contribution in [2.45, 2.75) is 43.8 Å². The van der Waals surface area contributed by atoms with Crippen molar-refractivity contribution in [3.8, 4) is 0 Å². The first kappa shape index (κ1) is 18.8. The van der Waals surface area contributed by atoms with E-state index in [0.29, 0.717) is 18.0 Å². The number of hydrogen-bond donors (Lipinski definition) is 1. The van der Waals surface area contributed by atoms with Crippen LogP contribution in [0, 0.1) is 11.3 Å². The van der Waals surface area contributed by atoms with Crippen LogP contribution in [0.4, 0.5) is 18.0 Å². The summed E-state index contributed by atoms with van der Waals surface area (Å²) in [6.07, 6.45) is 0.174. The molecule has 1 aromatic heterocycles. The van der Waals surface area contributed by atoms with Gasteiger partial charge in [0.2, 0.25) is 0 Å². The van der Waals surface area contributed by atoms with Crippen molar-refractivity contribution in [2.75, 3.05) is 26.2 Å². The lowest BCUT2D eigenvalue weighted by Crippen LogP contribution is -2.73. The van der Waals surface area contributed by atoms with Gasteiger partial charge in [-0.05, 0) is 44.1 Å². The van der Waals surface area contributed by atoms with Gasteiger partial charge in [-0.25, -0.2) is 4.79 Å². The molecule has 0 radical (unpaired) electrons. The van der Waals surface area contributed by atoms with Crippen molar-refractivity contribution < 1.29 is 18.0 Å². The number of allylic oxidation sites excluding steroid dienone is 1. The van der Waals surface area contributed by atoms with Crippen LogP contribution in [-0.4, -0.2) is 57.3 Å². The maximum atomic E-state index is 12.8. The van der Waals surface area contributed by atoms with Gasteiger partial charge in [0.25, 0.3) is 0 Å². The predicted octanol–water partition coefficient (Wildman–Crippen LogP) is 2.76. The SMILES string of the molecule is C=C1CCC2(CN(C(=O)N3CC4(CC(Cc5cc(C(F)(F)F)nn5C)C4)C3)C2)N1. The maximum Gasteiger partial charge on any atom is 0.435 e. The van der Waals surface area contributed by atoms with Crippen LogP contribution in [-0.2, 0) is 19.6 Å². The number of halogens is 3. The van der Waals surface area contributed by atoms with Crippen molar-refractivity contribution in [1.82, 2.24) is 24.9 Å². The number of aryl methyl sites for hydroxylation is 1. The summed E-state index contributed by atoms with van der Waals surface area (Å²) in [6.45, 7) is 7.01. The highest BCUT2D eigenvalue weighted by molar-refractivity contribution is 5.77. The van der Waals surface area contributed by atoms with E-state index >= 15 is 0 Å².